The molecule has 1 aliphatic heterocycles. The number of rotatable bonds is 11. The highest BCUT2D eigenvalue weighted by Crippen LogP contribution is 2.37. The highest BCUT2D eigenvalue weighted by Gasteiger charge is 2.46. The molecule has 3 aromatic rings. The SMILES string of the molecule is CCCCC(=O)N(Cc1ccc(-c2cc(-c3cccnc3OC)ccc2C2=NCN=N2)cc1)C1(C(=O)O)CCCCC1. The number of hydrogen-bond acceptors (Lipinski definition) is 7. The monoisotopic (exact) mass is 567 g/mol. The van der Waals surface area contributed by atoms with Crippen LogP contribution in [0, 0.1) is 0 Å². The van der Waals surface area contributed by atoms with Gasteiger partial charge in [-0.25, -0.2) is 14.8 Å². The number of aliphatic carboxylic acids is 1. The van der Waals surface area contributed by atoms with E-state index in [-0.39, 0.29) is 12.5 Å². The first-order valence-corrected chi connectivity index (χ1v) is 14.7. The second-order valence-electron chi connectivity index (χ2n) is 10.9. The molecule has 0 saturated heterocycles. The van der Waals surface area contributed by atoms with E-state index >= 15 is 0 Å². The van der Waals surface area contributed by atoms with Crippen LogP contribution < -0.4 is 4.74 Å². The van der Waals surface area contributed by atoms with E-state index < -0.39 is 11.5 Å². The van der Waals surface area contributed by atoms with E-state index in [9.17, 15) is 14.7 Å². The molecule has 1 amide bonds. The predicted molar refractivity (Wildman–Crippen MR) is 161 cm³/mol. The molecule has 1 saturated carbocycles. The minimum atomic E-state index is -1.16. The van der Waals surface area contributed by atoms with Gasteiger partial charge in [-0.3, -0.25) is 4.79 Å². The molecule has 5 rings (SSSR count). The summed E-state index contributed by atoms with van der Waals surface area (Å²) in [5, 5.41) is 18.6. The van der Waals surface area contributed by atoms with E-state index in [1.165, 1.54) is 0 Å². The van der Waals surface area contributed by atoms with Gasteiger partial charge in [-0.05, 0) is 65.8 Å². The van der Waals surface area contributed by atoms with Gasteiger partial charge in [-0.15, -0.1) is 5.11 Å². The molecule has 218 valence electrons. The van der Waals surface area contributed by atoms with Crippen LogP contribution in [0.4, 0.5) is 0 Å². The Bertz CT molecular complexity index is 1490. The van der Waals surface area contributed by atoms with Gasteiger partial charge in [-0.1, -0.05) is 62.9 Å². The molecule has 0 unspecified atom stereocenters. The van der Waals surface area contributed by atoms with Crippen LogP contribution in [0.5, 0.6) is 5.88 Å². The van der Waals surface area contributed by atoms with Gasteiger partial charge in [0, 0.05) is 30.3 Å². The predicted octanol–water partition coefficient (Wildman–Crippen LogP) is 6.90. The summed E-state index contributed by atoms with van der Waals surface area (Å²) in [6.45, 7) is 2.60. The fourth-order valence-corrected chi connectivity index (χ4v) is 5.94. The maximum Gasteiger partial charge on any atom is 0.329 e. The number of azo groups is 1. The van der Waals surface area contributed by atoms with Gasteiger partial charge < -0.3 is 14.7 Å². The molecule has 0 atom stereocenters. The number of benzene rings is 2. The Hall–Kier alpha value is -4.40. The van der Waals surface area contributed by atoms with Crippen LogP contribution in [-0.2, 0) is 16.1 Å². The van der Waals surface area contributed by atoms with Crippen LogP contribution >= 0.6 is 0 Å². The second-order valence-corrected chi connectivity index (χ2v) is 10.9. The summed E-state index contributed by atoms with van der Waals surface area (Å²) in [6, 6.07) is 17.9. The lowest BCUT2D eigenvalue weighted by molar-refractivity contribution is -0.163. The van der Waals surface area contributed by atoms with Crippen LogP contribution in [0.1, 0.15) is 69.4 Å². The van der Waals surface area contributed by atoms with E-state index in [0.717, 1.165) is 65.5 Å². The van der Waals surface area contributed by atoms with E-state index in [1.54, 1.807) is 18.2 Å². The van der Waals surface area contributed by atoms with E-state index in [2.05, 4.69) is 26.3 Å². The number of hydrogen-bond donors (Lipinski definition) is 1. The average Bonchev–Trinajstić information content (AvgIpc) is 3.58. The van der Waals surface area contributed by atoms with Crippen molar-refractivity contribution in [1.82, 2.24) is 9.88 Å². The Morgan fingerprint density at radius 2 is 1.74 bits per heavy atom. The minimum absolute atomic E-state index is 0.0877. The van der Waals surface area contributed by atoms with Crippen molar-refractivity contribution in [2.24, 2.45) is 15.2 Å². The molecule has 2 heterocycles. The number of unbranched alkanes of at least 4 members (excludes halogenated alkanes) is 1. The third-order valence-electron chi connectivity index (χ3n) is 8.23. The Morgan fingerprint density at radius 1 is 0.976 bits per heavy atom. The number of carboxylic acid groups (broad SMARTS) is 1. The molecule has 9 heteroatoms. The molecule has 9 nitrogen and oxygen atoms in total. The Kier molecular flexibility index (Phi) is 9.05. The quantitative estimate of drug-likeness (QED) is 0.270. The summed E-state index contributed by atoms with van der Waals surface area (Å²) in [6.07, 6.45) is 7.27. The molecule has 1 fully saturated rings. The van der Waals surface area contributed by atoms with Crippen molar-refractivity contribution in [3.05, 3.63) is 71.9 Å². The third-order valence-corrected chi connectivity index (χ3v) is 8.23. The molecule has 42 heavy (non-hydrogen) atoms. The van der Waals surface area contributed by atoms with Gasteiger partial charge in [-0.2, -0.15) is 5.11 Å². The first-order chi connectivity index (χ1) is 20.5. The van der Waals surface area contributed by atoms with Gasteiger partial charge in [0.25, 0.3) is 0 Å². The topological polar surface area (TPSA) is 117 Å². The second kappa shape index (κ2) is 13.1. The lowest BCUT2D eigenvalue weighted by atomic mass is 9.79. The molecule has 0 bridgehead atoms. The zero-order valence-corrected chi connectivity index (χ0v) is 24.3. The molecule has 1 N–H and O–H groups in total. The molecule has 2 aliphatic rings. The number of amidine groups is 1. The molecular weight excluding hydrogens is 530 g/mol. The smallest absolute Gasteiger partial charge is 0.329 e. The van der Waals surface area contributed by atoms with Gasteiger partial charge in [0.05, 0.1) is 7.11 Å². The molecule has 0 radical (unpaired) electrons. The van der Waals surface area contributed by atoms with E-state index in [4.69, 9.17) is 4.74 Å². The van der Waals surface area contributed by atoms with Crippen LogP contribution in [0.3, 0.4) is 0 Å². The number of pyridine rings is 1. The maximum atomic E-state index is 13.4. The number of ether oxygens (including phenoxy) is 1. The standard InChI is InChI=1S/C33H37N5O4/c1-3-4-10-29(39)38(33(32(40)41)17-6-5-7-18-33)21-23-11-13-24(14-12-23)28-20-25(26-9-8-19-34-31(26)42-2)15-16-27(28)30-35-22-36-37-30/h8-9,11-16,19-20H,3-7,10,17-18,21-22H2,1-2H3,(H,40,41). The van der Waals surface area contributed by atoms with Crippen LogP contribution in [0.2, 0.25) is 0 Å². The fourth-order valence-electron chi connectivity index (χ4n) is 5.94. The lowest BCUT2D eigenvalue weighted by Crippen LogP contribution is -2.57. The number of methoxy groups -OCH3 is 1. The van der Waals surface area contributed by atoms with Crippen molar-refractivity contribution >= 4 is 17.7 Å². The Labute approximate surface area is 246 Å². The van der Waals surface area contributed by atoms with Crippen LogP contribution in [0.25, 0.3) is 22.3 Å². The number of aliphatic imine (C=N–C) groups is 1. The van der Waals surface area contributed by atoms with Crippen molar-refractivity contribution in [1.29, 1.82) is 0 Å². The average molecular weight is 568 g/mol. The minimum Gasteiger partial charge on any atom is -0.481 e. The van der Waals surface area contributed by atoms with E-state index in [1.807, 2.05) is 55.5 Å². The number of nitrogens with zero attached hydrogens (tertiary/aromatic N) is 5. The van der Waals surface area contributed by atoms with Crippen LogP contribution in [0.15, 0.2) is 76.0 Å². The van der Waals surface area contributed by atoms with Crippen molar-refractivity contribution in [3.63, 3.8) is 0 Å². The fraction of sp³-hybridized carbons (Fsp3) is 0.394. The van der Waals surface area contributed by atoms with Crippen molar-refractivity contribution in [2.75, 3.05) is 13.8 Å². The first kappa shape index (κ1) is 29.1. The number of carbonyl (C=O) groups excluding carboxylic acids is 1. The molecule has 1 aromatic heterocycles. The van der Waals surface area contributed by atoms with E-state index in [0.29, 0.717) is 37.6 Å². The summed E-state index contributed by atoms with van der Waals surface area (Å²) >= 11 is 0. The highest BCUT2D eigenvalue weighted by molar-refractivity contribution is 6.06. The summed E-state index contributed by atoms with van der Waals surface area (Å²) in [4.78, 5) is 36.5. The van der Waals surface area contributed by atoms with Gasteiger partial charge in [0.15, 0.2) is 12.5 Å². The molecule has 0 spiro atoms. The number of carbonyl (C=O) groups is 2. The molecular formula is C33H37N5O4. The summed E-state index contributed by atoms with van der Waals surface area (Å²) < 4.78 is 5.50. The normalized spacial score (nSPS) is 15.7. The van der Waals surface area contributed by atoms with Crippen molar-refractivity contribution < 1.29 is 19.4 Å². The Morgan fingerprint density at radius 3 is 2.40 bits per heavy atom. The van der Waals surface area contributed by atoms with Crippen molar-refractivity contribution in [2.45, 2.75) is 70.4 Å². The summed E-state index contributed by atoms with van der Waals surface area (Å²) in [5.74, 6) is 0.122. The Balaban J connectivity index is 1.50. The number of aromatic nitrogens is 1. The molecule has 1 aliphatic carbocycles. The number of carboxylic acids is 1. The largest absolute Gasteiger partial charge is 0.481 e. The van der Waals surface area contributed by atoms with Gasteiger partial charge in [0.1, 0.15) is 5.54 Å². The van der Waals surface area contributed by atoms with Gasteiger partial charge >= 0.3 is 5.97 Å². The van der Waals surface area contributed by atoms with Crippen molar-refractivity contribution in [3.8, 4) is 28.1 Å². The maximum absolute atomic E-state index is 13.4. The highest BCUT2D eigenvalue weighted by atomic mass is 16.5. The summed E-state index contributed by atoms with van der Waals surface area (Å²) in [7, 11) is 1.60. The zero-order valence-electron chi connectivity index (χ0n) is 24.3. The lowest BCUT2D eigenvalue weighted by Gasteiger charge is -2.43. The number of amides is 1. The van der Waals surface area contributed by atoms with Crippen LogP contribution in [-0.4, -0.2) is 52.0 Å². The summed E-state index contributed by atoms with van der Waals surface area (Å²) in [5.41, 5.74) is 4.27. The zero-order chi connectivity index (χ0) is 29.5. The third kappa shape index (κ3) is 5.95. The van der Waals surface area contributed by atoms with Gasteiger partial charge in [0.2, 0.25) is 11.8 Å². The first-order valence-electron chi connectivity index (χ1n) is 14.7. The molecule has 2 aromatic carbocycles.